The summed E-state index contributed by atoms with van der Waals surface area (Å²) >= 11 is 0. The molecule has 1 aliphatic carbocycles. The summed E-state index contributed by atoms with van der Waals surface area (Å²) in [5.41, 5.74) is 2.27. The van der Waals surface area contributed by atoms with Crippen LogP contribution in [0.3, 0.4) is 0 Å². The number of carbonyl (C=O) groups is 1. The van der Waals surface area contributed by atoms with E-state index in [4.69, 9.17) is 0 Å². The van der Waals surface area contributed by atoms with Crippen LogP contribution in [0, 0.1) is 0 Å². The molecule has 120 valence electrons. The van der Waals surface area contributed by atoms with Gasteiger partial charge < -0.3 is 10.2 Å². The van der Waals surface area contributed by atoms with Crippen LogP contribution in [0.2, 0.25) is 0 Å². The molecule has 2 aliphatic rings. The van der Waals surface area contributed by atoms with E-state index >= 15 is 0 Å². The first-order valence-electron chi connectivity index (χ1n) is 8.84. The molecule has 1 heterocycles. The molecular formula is C19H28N2O. The van der Waals surface area contributed by atoms with Gasteiger partial charge in [-0.15, -0.1) is 0 Å². The average molecular weight is 300 g/mol. The van der Waals surface area contributed by atoms with Crippen LogP contribution in [-0.2, 0) is 0 Å². The van der Waals surface area contributed by atoms with Crippen molar-refractivity contribution < 1.29 is 4.79 Å². The molecule has 0 atom stereocenters. The zero-order valence-corrected chi connectivity index (χ0v) is 13.7. The number of benzene rings is 1. The van der Waals surface area contributed by atoms with Crippen molar-refractivity contribution in [1.82, 2.24) is 10.2 Å². The van der Waals surface area contributed by atoms with Crippen molar-refractivity contribution >= 4 is 5.91 Å². The van der Waals surface area contributed by atoms with E-state index in [1.54, 1.807) is 0 Å². The van der Waals surface area contributed by atoms with Crippen molar-refractivity contribution in [2.24, 2.45) is 0 Å². The second kappa shape index (κ2) is 7.28. The summed E-state index contributed by atoms with van der Waals surface area (Å²) in [6.07, 6.45) is 8.83. The molecule has 22 heavy (non-hydrogen) atoms. The summed E-state index contributed by atoms with van der Waals surface area (Å²) in [6, 6.07) is 9.01. The van der Waals surface area contributed by atoms with Crippen LogP contribution in [0.5, 0.6) is 0 Å². The summed E-state index contributed by atoms with van der Waals surface area (Å²) < 4.78 is 0. The Morgan fingerprint density at radius 1 is 1.00 bits per heavy atom. The second-order valence-electron chi connectivity index (χ2n) is 6.81. The molecule has 3 nitrogen and oxygen atoms in total. The molecule has 0 radical (unpaired) electrons. The molecule has 1 aromatic carbocycles. The highest BCUT2D eigenvalue weighted by atomic mass is 16.2. The first-order chi connectivity index (χ1) is 10.8. The smallest absolute Gasteiger partial charge is 0.253 e. The van der Waals surface area contributed by atoms with Crippen LogP contribution >= 0.6 is 0 Å². The molecule has 1 N–H and O–H groups in total. The predicted molar refractivity (Wildman–Crippen MR) is 90.3 cm³/mol. The number of rotatable bonds is 3. The van der Waals surface area contributed by atoms with Crippen molar-refractivity contribution in [2.45, 2.75) is 56.9 Å². The van der Waals surface area contributed by atoms with E-state index in [0.717, 1.165) is 31.5 Å². The van der Waals surface area contributed by atoms with Crippen molar-refractivity contribution in [3.8, 4) is 0 Å². The Bertz CT molecular complexity index is 483. The lowest BCUT2D eigenvalue weighted by Crippen LogP contribution is -2.43. The SMILES string of the molecule is CNC1CCN(C(=O)c2ccc(C3CCCCC3)cc2)CC1. The summed E-state index contributed by atoms with van der Waals surface area (Å²) in [5.74, 6) is 0.911. The quantitative estimate of drug-likeness (QED) is 0.925. The molecule has 0 unspecified atom stereocenters. The lowest BCUT2D eigenvalue weighted by atomic mass is 9.84. The highest BCUT2D eigenvalue weighted by Gasteiger charge is 2.23. The van der Waals surface area contributed by atoms with Crippen LogP contribution in [0.1, 0.15) is 66.8 Å². The Kier molecular flexibility index (Phi) is 5.14. The largest absolute Gasteiger partial charge is 0.339 e. The van der Waals surface area contributed by atoms with Crippen molar-refractivity contribution in [2.75, 3.05) is 20.1 Å². The van der Waals surface area contributed by atoms with Gasteiger partial charge >= 0.3 is 0 Å². The van der Waals surface area contributed by atoms with Crippen LogP contribution in [0.4, 0.5) is 0 Å². The maximum absolute atomic E-state index is 12.6. The minimum absolute atomic E-state index is 0.199. The van der Waals surface area contributed by atoms with E-state index in [1.165, 1.54) is 37.7 Å². The van der Waals surface area contributed by atoms with Crippen LogP contribution < -0.4 is 5.32 Å². The number of nitrogens with one attached hydrogen (secondary N) is 1. The summed E-state index contributed by atoms with van der Waals surface area (Å²) in [6.45, 7) is 1.74. The van der Waals surface area contributed by atoms with Gasteiger partial charge in [0.05, 0.1) is 0 Å². The van der Waals surface area contributed by atoms with Gasteiger partial charge in [0.1, 0.15) is 0 Å². The highest BCUT2D eigenvalue weighted by molar-refractivity contribution is 5.94. The monoisotopic (exact) mass is 300 g/mol. The minimum Gasteiger partial charge on any atom is -0.339 e. The summed E-state index contributed by atoms with van der Waals surface area (Å²) in [7, 11) is 2.01. The van der Waals surface area contributed by atoms with Crippen LogP contribution in [-0.4, -0.2) is 37.0 Å². The number of likely N-dealkylation sites (tertiary alicyclic amines) is 1. The maximum Gasteiger partial charge on any atom is 0.253 e. The molecule has 2 fully saturated rings. The lowest BCUT2D eigenvalue weighted by molar-refractivity contribution is 0.0707. The van der Waals surface area contributed by atoms with Gasteiger partial charge in [-0.2, -0.15) is 0 Å². The molecule has 0 bridgehead atoms. The van der Waals surface area contributed by atoms with Crippen molar-refractivity contribution in [3.05, 3.63) is 35.4 Å². The number of carbonyl (C=O) groups excluding carboxylic acids is 1. The van der Waals surface area contributed by atoms with Gasteiger partial charge in [-0.1, -0.05) is 31.4 Å². The van der Waals surface area contributed by atoms with Gasteiger partial charge in [0.2, 0.25) is 0 Å². The summed E-state index contributed by atoms with van der Waals surface area (Å²) in [5, 5.41) is 3.31. The number of hydrogen-bond donors (Lipinski definition) is 1. The van der Waals surface area contributed by atoms with Gasteiger partial charge in [-0.3, -0.25) is 4.79 Å². The fourth-order valence-electron chi connectivity index (χ4n) is 3.89. The number of hydrogen-bond acceptors (Lipinski definition) is 2. The van der Waals surface area contributed by atoms with Gasteiger partial charge in [0, 0.05) is 24.7 Å². The minimum atomic E-state index is 0.199. The molecule has 3 heteroatoms. The normalized spacial score (nSPS) is 21.0. The first kappa shape index (κ1) is 15.5. The van der Waals surface area contributed by atoms with Crippen LogP contribution in [0.15, 0.2) is 24.3 Å². The highest BCUT2D eigenvalue weighted by Crippen LogP contribution is 2.32. The maximum atomic E-state index is 12.6. The Balaban J connectivity index is 1.61. The fourth-order valence-corrected chi connectivity index (χ4v) is 3.89. The van der Waals surface area contributed by atoms with Crippen LogP contribution in [0.25, 0.3) is 0 Å². The molecule has 1 amide bonds. The average Bonchev–Trinajstić information content (AvgIpc) is 2.62. The van der Waals surface area contributed by atoms with E-state index in [-0.39, 0.29) is 5.91 Å². The second-order valence-corrected chi connectivity index (χ2v) is 6.81. The topological polar surface area (TPSA) is 32.3 Å². The standard InChI is InChI=1S/C19H28N2O/c1-20-18-11-13-21(14-12-18)19(22)17-9-7-16(8-10-17)15-5-3-2-4-6-15/h7-10,15,18,20H,2-6,11-14H2,1H3. The van der Waals surface area contributed by atoms with Gasteiger partial charge in [-0.25, -0.2) is 0 Å². The Labute approximate surface area is 134 Å². The Morgan fingerprint density at radius 2 is 1.64 bits per heavy atom. The lowest BCUT2D eigenvalue weighted by Gasteiger charge is -2.32. The molecule has 3 rings (SSSR count). The molecule has 1 aromatic rings. The van der Waals surface area contributed by atoms with Gasteiger partial charge in [0.25, 0.3) is 5.91 Å². The Morgan fingerprint density at radius 3 is 2.23 bits per heavy atom. The van der Waals surface area contributed by atoms with Crippen molar-refractivity contribution in [3.63, 3.8) is 0 Å². The zero-order chi connectivity index (χ0) is 15.4. The molecule has 0 spiro atoms. The van der Waals surface area contributed by atoms with E-state index < -0.39 is 0 Å². The van der Waals surface area contributed by atoms with E-state index in [0.29, 0.717) is 12.0 Å². The molecular weight excluding hydrogens is 272 g/mol. The fraction of sp³-hybridized carbons (Fsp3) is 0.632. The third kappa shape index (κ3) is 3.52. The molecule has 1 saturated heterocycles. The molecule has 1 saturated carbocycles. The third-order valence-electron chi connectivity index (χ3n) is 5.42. The Hall–Kier alpha value is -1.35. The van der Waals surface area contributed by atoms with E-state index in [9.17, 15) is 4.79 Å². The van der Waals surface area contributed by atoms with Gasteiger partial charge in [-0.05, 0) is 56.3 Å². The van der Waals surface area contributed by atoms with E-state index in [2.05, 4.69) is 17.4 Å². The third-order valence-corrected chi connectivity index (χ3v) is 5.42. The van der Waals surface area contributed by atoms with Crippen molar-refractivity contribution in [1.29, 1.82) is 0 Å². The molecule has 0 aromatic heterocycles. The van der Waals surface area contributed by atoms with E-state index in [1.807, 2.05) is 24.1 Å². The predicted octanol–water partition coefficient (Wildman–Crippen LogP) is 3.56. The number of piperidine rings is 1. The summed E-state index contributed by atoms with van der Waals surface area (Å²) in [4.78, 5) is 14.6. The number of nitrogens with zero attached hydrogens (tertiary/aromatic N) is 1. The first-order valence-corrected chi connectivity index (χ1v) is 8.84. The number of amides is 1. The molecule has 1 aliphatic heterocycles. The van der Waals surface area contributed by atoms with Gasteiger partial charge in [0.15, 0.2) is 0 Å². The zero-order valence-electron chi connectivity index (χ0n) is 13.7.